The van der Waals surface area contributed by atoms with Gasteiger partial charge in [0.25, 0.3) is 5.91 Å². The van der Waals surface area contributed by atoms with Crippen molar-refractivity contribution in [1.29, 1.82) is 0 Å². The molecule has 1 aromatic rings. The van der Waals surface area contributed by atoms with Gasteiger partial charge < -0.3 is 10.0 Å². The summed E-state index contributed by atoms with van der Waals surface area (Å²) < 4.78 is 0. The molecule has 1 amide bonds. The molecule has 19 heavy (non-hydrogen) atoms. The molecule has 1 saturated heterocycles. The molecule has 1 aliphatic rings. The Balaban J connectivity index is 2.16. The molecule has 1 unspecified atom stereocenters. The maximum Gasteiger partial charge on any atom is 0.311 e. The Bertz CT molecular complexity index is 453. The normalized spacial score (nSPS) is 23.3. The van der Waals surface area contributed by atoms with Crippen molar-refractivity contribution in [2.75, 3.05) is 13.1 Å². The molecule has 1 aromatic heterocycles. The number of carbonyl (C=O) groups excluding carboxylic acids is 1. The Kier molecular flexibility index (Phi) is 4.24. The lowest BCUT2D eigenvalue weighted by Crippen LogP contribution is -2.49. The van der Waals surface area contributed by atoms with Crippen LogP contribution in [0.3, 0.4) is 0 Å². The van der Waals surface area contributed by atoms with Crippen LogP contribution in [0.15, 0.2) is 16.8 Å². The lowest BCUT2D eigenvalue weighted by atomic mass is 9.76. The summed E-state index contributed by atoms with van der Waals surface area (Å²) >= 11 is 1.48. The molecule has 0 bridgehead atoms. The monoisotopic (exact) mass is 281 g/mol. The summed E-state index contributed by atoms with van der Waals surface area (Å²) in [5.74, 6) is -0.806. The van der Waals surface area contributed by atoms with Gasteiger partial charge in [-0.05, 0) is 30.7 Å². The minimum atomic E-state index is -0.767. The summed E-state index contributed by atoms with van der Waals surface area (Å²) in [6, 6.07) is 1.80. The molecule has 1 N–H and O–H groups in total. The zero-order valence-corrected chi connectivity index (χ0v) is 11.9. The van der Waals surface area contributed by atoms with Crippen LogP contribution >= 0.6 is 11.3 Å². The van der Waals surface area contributed by atoms with E-state index in [1.54, 1.807) is 11.0 Å². The number of carbonyl (C=O) groups is 2. The van der Waals surface area contributed by atoms with E-state index in [-0.39, 0.29) is 5.91 Å². The molecular formula is C14H19NO3S. The molecule has 104 valence electrons. The Morgan fingerprint density at radius 3 is 2.89 bits per heavy atom. The van der Waals surface area contributed by atoms with Gasteiger partial charge in [-0.15, -0.1) is 0 Å². The molecule has 1 atom stereocenters. The van der Waals surface area contributed by atoms with Crippen molar-refractivity contribution in [1.82, 2.24) is 4.90 Å². The lowest BCUT2D eigenvalue weighted by molar-refractivity contribution is -0.152. The van der Waals surface area contributed by atoms with Gasteiger partial charge in [0, 0.05) is 18.5 Å². The fraction of sp³-hybridized carbons (Fsp3) is 0.571. The third-order valence-electron chi connectivity index (χ3n) is 3.81. The second-order valence-electron chi connectivity index (χ2n) is 5.18. The van der Waals surface area contributed by atoms with Gasteiger partial charge >= 0.3 is 5.97 Å². The maximum atomic E-state index is 12.3. The van der Waals surface area contributed by atoms with Gasteiger partial charge in [-0.1, -0.05) is 13.3 Å². The predicted octanol–water partition coefficient (Wildman–Crippen LogP) is 2.86. The number of carboxylic acids is 1. The molecular weight excluding hydrogens is 262 g/mol. The Hall–Kier alpha value is -1.36. The van der Waals surface area contributed by atoms with Gasteiger partial charge in [0.1, 0.15) is 0 Å². The fourth-order valence-corrected chi connectivity index (χ4v) is 3.47. The molecule has 4 nitrogen and oxygen atoms in total. The van der Waals surface area contributed by atoms with Gasteiger partial charge in [-0.25, -0.2) is 0 Å². The van der Waals surface area contributed by atoms with Gasteiger partial charge in [0.15, 0.2) is 0 Å². The minimum absolute atomic E-state index is 0.0392. The van der Waals surface area contributed by atoms with Gasteiger partial charge in [0.05, 0.1) is 11.0 Å². The summed E-state index contributed by atoms with van der Waals surface area (Å²) in [7, 11) is 0. The van der Waals surface area contributed by atoms with Crippen LogP contribution < -0.4 is 0 Å². The van der Waals surface area contributed by atoms with Crippen LogP contribution in [0.25, 0.3) is 0 Å². The highest BCUT2D eigenvalue weighted by Crippen LogP contribution is 2.35. The predicted molar refractivity (Wildman–Crippen MR) is 74.4 cm³/mol. The number of hydrogen-bond acceptors (Lipinski definition) is 3. The van der Waals surface area contributed by atoms with Crippen molar-refractivity contribution in [2.45, 2.75) is 32.6 Å². The zero-order valence-electron chi connectivity index (χ0n) is 11.1. The average Bonchev–Trinajstić information content (AvgIpc) is 2.92. The van der Waals surface area contributed by atoms with Crippen molar-refractivity contribution in [3.8, 4) is 0 Å². The zero-order chi connectivity index (χ0) is 13.9. The standard InChI is InChI=1S/C14H19NO3S/c1-2-5-14(13(17)18)6-3-7-15(10-14)12(16)11-4-8-19-9-11/h4,8-9H,2-3,5-7,10H2,1H3,(H,17,18). The van der Waals surface area contributed by atoms with Crippen molar-refractivity contribution < 1.29 is 14.7 Å². The van der Waals surface area contributed by atoms with Crippen LogP contribution in [-0.4, -0.2) is 35.0 Å². The summed E-state index contributed by atoms with van der Waals surface area (Å²) in [5, 5.41) is 13.2. The van der Waals surface area contributed by atoms with E-state index in [2.05, 4.69) is 0 Å². The molecule has 0 spiro atoms. The first-order chi connectivity index (χ1) is 9.09. The highest BCUT2D eigenvalue weighted by Gasteiger charge is 2.42. The van der Waals surface area contributed by atoms with Crippen molar-refractivity contribution >= 4 is 23.2 Å². The number of piperidine rings is 1. The molecule has 1 aliphatic heterocycles. The maximum absolute atomic E-state index is 12.3. The van der Waals surface area contributed by atoms with Crippen molar-refractivity contribution in [3.05, 3.63) is 22.4 Å². The van der Waals surface area contributed by atoms with Crippen molar-refractivity contribution in [3.63, 3.8) is 0 Å². The summed E-state index contributed by atoms with van der Waals surface area (Å²) in [6.45, 7) is 2.99. The van der Waals surface area contributed by atoms with Crippen LogP contribution in [0.2, 0.25) is 0 Å². The Morgan fingerprint density at radius 2 is 2.32 bits per heavy atom. The van der Waals surface area contributed by atoms with Gasteiger partial charge in [-0.3, -0.25) is 9.59 Å². The van der Waals surface area contributed by atoms with E-state index in [4.69, 9.17) is 0 Å². The smallest absolute Gasteiger partial charge is 0.311 e. The van der Waals surface area contributed by atoms with Gasteiger partial charge in [0.2, 0.25) is 0 Å². The highest BCUT2D eigenvalue weighted by atomic mass is 32.1. The second kappa shape index (κ2) is 5.74. The third kappa shape index (κ3) is 2.81. The van der Waals surface area contributed by atoms with Crippen LogP contribution in [0, 0.1) is 5.41 Å². The molecule has 2 heterocycles. The fourth-order valence-electron chi connectivity index (χ4n) is 2.84. The van der Waals surface area contributed by atoms with Crippen LogP contribution in [0.4, 0.5) is 0 Å². The molecule has 0 aliphatic carbocycles. The van der Waals surface area contributed by atoms with Crippen LogP contribution in [0.1, 0.15) is 43.0 Å². The number of carboxylic acid groups (broad SMARTS) is 1. The number of likely N-dealkylation sites (tertiary alicyclic amines) is 1. The van der Waals surface area contributed by atoms with Gasteiger partial charge in [-0.2, -0.15) is 11.3 Å². The number of amides is 1. The number of aliphatic carboxylic acids is 1. The molecule has 0 radical (unpaired) electrons. The molecule has 5 heteroatoms. The average molecular weight is 281 g/mol. The topological polar surface area (TPSA) is 57.6 Å². The van der Waals surface area contributed by atoms with E-state index in [1.807, 2.05) is 17.7 Å². The Morgan fingerprint density at radius 1 is 1.53 bits per heavy atom. The largest absolute Gasteiger partial charge is 0.481 e. The quantitative estimate of drug-likeness (QED) is 0.923. The molecule has 1 fully saturated rings. The number of thiophene rings is 1. The first-order valence-electron chi connectivity index (χ1n) is 6.64. The lowest BCUT2D eigenvalue weighted by Gasteiger charge is -2.39. The van der Waals surface area contributed by atoms with Crippen LogP contribution in [0.5, 0.6) is 0 Å². The Labute approximate surface area is 117 Å². The van der Waals surface area contributed by atoms with E-state index in [1.165, 1.54) is 11.3 Å². The summed E-state index contributed by atoms with van der Waals surface area (Å²) in [4.78, 5) is 25.6. The second-order valence-corrected chi connectivity index (χ2v) is 5.96. The van der Waals surface area contributed by atoms with E-state index in [0.29, 0.717) is 31.5 Å². The number of rotatable bonds is 4. The summed E-state index contributed by atoms with van der Waals surface area (Å²) in [5.41, 5.74) is -0.0822. The number of nitrogens with zero attached hydrogens (tertiary/aromatic N) is 1. The highest BCUT2D eigenvalue weighted by molar-refractivity contribution is 7.08. The van der Waals surface area contributed by atoms with E-state index in [0.717, 1.165) is 12.8 Å². The minimum Gasteiger partial charge on any atom is -0.481 e. The van der Waals surface area contributed by atoms with Crippen LogP contribution in [-0.2, 0) is 4.79 Å². The third-order valence-corrected chi connectivity index (χ3v) is 4.50. The molecule has 0 saturated carbocycles. The van der Waals surface area contributed by atoms with Crippen molar-refractivity contribution in [2.24, 2.45) is 5.41 Å². The molecule has 2 rings (SSSR count). The summed E-state index contributed by atoms with van der Waals surface area (Å²) in [6.07, 6.45) is 2.90. The number of hydrogen-bond donors (Lipinski definition) is 1. The van der Waals surface area contributed by atoms with E-state index < -0.39 is 11.4 Å². The first-order valence-corrected chi connectivity index (χ1v) is 7.58. The van der Waals surface area contributed by atoms with E-state index >= 15 is 0 Å². The van der Waals surface area contributed by atoms with E-state index in [9.17, 15) is 14.7 Å². The molecule has 0 aromatic carbocycles. The SMILES string of the molecule is CCCC1(C(=O)O)CCCN(C(=O)c2ccsc2)C1. The first kappa shape index (κ1) is 14.1.